The molecule has 4 rings (SSSR count). The smallest absolute Gasteiger partial charge is 0.477 e. The summed E-state index contributed by atoms with van der Waals surface area (Å²) in [5.74, 6) is -3.01. The first-order chi connectivity index (χ1) is 14.8. The summed E-state index contributed by atoms with van der Waals surface area (Å²) in [6.45, 7) is 3.31. The van der Waals surface area contributed by atoms with Crippen LogP contribution >= 0.6 is 0 Å². The molecule has 0 radical (unpaired) electrons. The van der Waals surface area contributed by atoms with Crippen LogP contribution < -0.4 is 10.4 Å². The Morgan fingerprint density at radius 2 is 2.06 bits per heavy atom. The van der Waals surface area contributed by atoms with Crippen LogP contribution in [0.1, 0.15) is 45.8 Å². The van der Waals surface area contributed by atoms with Crippen LogP contribution in [-0.2, 0) is 23.7 Å². The highest BCUT2D eigenvalue weighted by Gasteiger charge is 2.65. The second-order valence-electron chi connectivity index (χ2n) is 8.00. The van der Waals surface area contributed by atoms with Gasteiger partial charge >= 0.3 is 17.8 Å². The third-order valence-electron chi connectivity index (χ3n) is 5.75. The molecule has 0 N–H and O–H groups in total. The molecule has 4 atom stereocenters. The summed E-state index contributed by atoms with van der Waals surface area (Å²) in [7, 11) is 0. The lowest BCUT2D eigenvalue weighted by Gasteiger charge is -2.24. The van der Waals surface area contributed by atoms with Crippen molar-refractivity contribution in [2.75, 3.05) is 13.2 Å². The minimum atomic E-state index is -2.68. The maximum absolute atomic E-state index is 15.6. The summed E-state index contributed by atoms with van der Waals surface area (Å²) in [5, 5.41) is 0. The van der Waals surface area contributed by atoms with Crippen LogP contribution in [0.4, 0.5) is 9.18 Å². The number of esters is 1. The van der Waals surface area contributed by atoms with Crippen LogP contribution in [0.2, 0.25) is 0 Å². The van der Waals surface area contributed by atoms with E-state index in [9.17, 15) is 14.4 Å². The van der Waals surface area contributed by atoms with Crippen molar-refractivity contribution in [2.24, 2.45) is 11.8 Å². The zero-order valence-electron chi connectivity index (χ0n) is 17.3. The predicted octanol–water partition coefficient (Wildman–Crippen LogP) is 2.11. The fraction of sp³-hybridized carbons (Fsp3) is 0.700. The topological polar surface area (TPSA) is 115 Å². The molecule has 31 heavy (non-hydrogen) atoms. The Hall–Kier alpha value is -2.69. The van der Waals surface area contributed by atoms with Crippen molar-refractivity contribution < 1.29 is 37.7 Å². The largest absolute Gasteiger partial charge is 0.509 e. The van der Waals surface area contributed by atoms with E-state index in [2.05, 4.69) is 4.98 Å². The number of hydrogen-bond donors (Lipinski definition) is 0. The molecule has 2 aliphatic heterocycles. The van der Waals surface area contributed by atoms with Crippen LogP contribution in [-0.4, -0.2) is 53.0 Å². The van der Waals surface area contributed by atoms with Crippen LogP contribution in [0, 0.1) is 11.8 Å². The van der Waals surface area contributed by atoms with Crippen molar-refractivity contribution in [3.8, 4) is 5.88 Å². The van der Waals surface area contributed by atoms with Gasteiger partial charge < -0.3 is 23.7 Å². The lowest BCUT2D eigenvalue weighted by atomic mass is 10.0. The lowest BCUT2D eigenvalue weighted by Crippen LogP contribution is -2.43. The molecule has 1 aliphatic carbocycles. The summed E-state index contributed by atoms with van der Waals surface area (Å²) >= 11 is 0. The van der Waals surface area contributed by atoms with Crippen molar-refractivity contribution >= 4 is 12.1 Å². The standard InChI is InChI=1S/C20H25FN2O8/c1-3-12(4-2)17(24)28-10-20(21)15-14(29-19(26)30-15)16(31-20)23-8-7-13(22-18(23)25)27-9-11-5-6-11/h7-8,11-12,14-16H,3-6,9-10H2,1-2H3/t14-,15+,16-,20-/m1/s1. The third kappa shape index (κ3) is 4.36. The van der Waals surface area contributed by atoms with Crippen LogP contribution in [0.15, 0.2) is 17.1 Å². The van der Waals surface area contributed by atoms with Gasteiger partial charge in [0, 0.05) is 12.3 Å². The number of ether oxygens (including phenoxy) is 5. The second-order valence-corrected chi connectivity index (χ2v) is 8.00. The number of carbonyl (C=O) groups excluding carboxylic acids is 2. The summed E-state index contributed by atoms with van der Waals surface area (Å²) < 4.78 is 42.6. The van der Waals surface area contributed by atoms with Crippen molar-refractivity contribution in [1.82, 2.24) is 9.55 Å². The highest BCUT2D eigenvalue weighted by atomic mass is 19.2. The molecule has 2 saturated heterocycles. The highest BCUT2D eigenvalue weighted by molar-refractivity contribution is 5.72. The first kappa shape index (κ1) is 21.5. The molecule has 11 heteroatoms. The normalized spacial score (nSPS) is 29.4. The molecular formula is C20H25FN2O8. The zero-order valence-corrected chi connectivity index (χ0v) is 17.3. The monoisotopic (exact) mass is 440 g/mol. The maximum Gasteiger partial charge on any atom is 0.509 e. The summed E-state index contributed by atoms with van der Waals surface area (Å²) in [5.41, 5.74) is -0.765. The molecule has 3 fully saturated rings. The van der Waals surface area contributed by atoms with E-state index in [4.69, 9.17) is 23.7 Å². The third-order valence-corrected chi connectivity index (χ3v) is 5.75. The van der Waals surface area contributed by atoms with E-state index in [-0.39, 0.29) is 11.8 Å². The molecule has 0 aromatic carbocycles. The van der Waals surface area contributed by atoms with Crippen molar-refractivity contribution in [2.45, 2.75) is 63.8 Å². The number of hydrogen-bond acceptors (Lipinski definition) is 9. The van der Waals surface area contributed by atoms with E-state index in [0.717, 1.165) is 17.4 Å². The number of fused-ring (bicyclic) bond motifs is 1. The number of halogens is 1. The van der Waals surface area contributed by atoms with E-state index < -0.39 is 48.7 Å². The quantitative estimate of drug-likeness (QED) is 0.532. The second kappa shape index (κ2) is 8.45. The average Bonchev–Trinajstić information content (AvgIpc) is 3.43. The Kier molecular flexibility index (Phi) is 5.87. The van der Waals surface area contributed by atoms with E-state index in [1.165, 1.54) is 12.3 Å². The lowest BCUT2D eigenvalue weighted by molar-refractivity contribution is -0.220. The van der Waals surface area contributed by atoms with E-state index in [0.29, 0.717) is 25.4 Å². The number of carbonyl (C=O) groups is 2. The Morgan fingerprint density at radius 1 is 1.32 bits per heavy atom. The molecular weight excluding hydrogens is 415 g/mol. The van der Waals surface area contributed by atoms with Gasteiger partial charge in [0.25, 0.3) is 5.85 Å². The number of alkyl halides is 1. The molecule has 1 aromatic rings. The Morgan fingerprint density at radius 3 is 2.71 bits per heavy atom. The van der Waals surface area contributed by atoms with Gasteiger partial charge in [0.15, 0.2) is 18.9 Å². The average molecular weight is 440 g/mol. The van der Waals surface area contributed by atoms with Crippen molar-refractivity contribution in [1.29, 1.82) is 0 Å². The van der Waals surface area contributed by atoms with Gasteiger partial charge in [-0.1, -0.05) is 13.8 Å². The molecule has 3 aliphatic rings. The minimum absolute atomic E-state index is 0.146. The van der Waals surface area contributed by atoms with E-state index >= 15 is 4.39 Å². The minimum Gasteiger partial charge on any atom is -0.477 e. The number of rotatable bonds is 9. The molecule has 1 aromatic heterocycles. The maximum atomic E-state index is 15.6. The Labute approximate surface area is 177 Å². The molecule has 0 spiro atoms. The van der Waals surface area contributed by atoms with Crippen molar-refractivity contribution in [3.05, 3.63) is 22.7 Å². The van der Waals surface area contributed by atoms with E-state index in [1.807, 2.05) is 13.8 Å². The van der Waals surface area contributed by atoms with Crippen LogP contribution in [0.25, 0.3) is 0 Å². The summed E-state index contributed by atoms with van der Waals surface area (Å²) in [6, 6.07) is 1.45. The molecule has 0 unspecified atom stereocenters. The van der Waals surface area contributed by atoms with Gasteiger partial charge in [-0.05, 0) is 31.6 Å². The van der Waals surface area contributed by atoms with Gasteiger partial charge in [0.05, 0.1) is 12.5 Å². The molecule has 170 valence electrons. The molecule has 0 amide bonds. The van der Waals surface area contributed by atoms with Gasteiger partial charge in [0.1, 0.15) is 0 Å². The van der Waals surface area contributed by atoms with Gasteiger partial charge in [0.2, 0.25) is 12.0 Å². The Balaban J connectivity index is 1.50. The van der Waals surface area contributed by atoms with Gasteiger partial charge in [-0.15, -0.1) is 0 Å². The molecule has 1 saturated carbocycles. The molecule has 3 heterocycles. The Bertz CT molecular complexity index is 899. The molecule has 0 bridgehead atoms. The fourth-order valence-corrected chi connectivity index (χ4v) is 3.65. The predicted molar refractivity (Wildman–Crippen MR) is 101 cm³/mol. The summed E-state index contributed by atoms with van der Waals surface area (Å²) in [6.07, 6.45) is -0.610. The van der Waals surface area contributed by atoms with Crippen molar-refractivity contribution in [3.63, 3.8) is 0 Å². The fourth-order valence-electron chi connectivity index (χ4n) is 3.65. The zero-order chi connectivity index (χ0) is 22.2. The highest BCUT2D eigenvalue weighted by Crippen LogP contribution is 2.45. The van der Waals surface area contributed by atoms with Gasteiger partial charge in [-0.3, -0.25) is 9.36 Å². The van der Waals surface area contributed by atoms with Gasteiger partial charge in [-0.25, -0.2) is 14.0 Å². The van der Waals surface area contributed by atoms with Crippen LogP contribution in [0.3, 0.4) is 0 Å². The molecule has 10 nitrogen and oxygen atoms in total. The summed E-state index contributed by atoms with van der Waals surface area (Å²) in [4.78, 5) is 40.2. The van der Waals surface area contributed by atoms with Crippen LogP contribution in [0.5, 0.6) is 5.88 Å². The SMILES string of the molecule is CCC(CC)C(=O)OC[C@@]1(F)O[C@@H](n2ccc(OCC3CC3)nc2=O)[C@@H]2OC(=O)O[C@@H]21. The first-order valence-electron chi connectivity index (χ1n) is 10.5. The van der Waals surface area contributed by atoms with Gasteiger partial charge in [-0.2, -0.15) is 4.98 Å². The first-order valence-corrected chi connectivity index (χ1v) is 10.5. The number of nitrogens with zero attached hydrogens (tertiary/aromatic N) is 2. The number of aromatic nitrogens is 2. The van der Waals surface area contributed by atoms with E-state index in [1.54, 1.807) is 0 Å².